The van der Waals surface area contributed by atoms with Gasteiger partial charge in [0, 0.05) is 37.6 Å². The highest BCUT2D eigenvalue weighted by molar-refractivity contribution is 5.97. The standard InChI is InChI=1S/C23H29N5O/c1-4-27-11-13-28(14-12-27)20-9-10-21(17(2)15-20)25-18(3)23(29)26-22-8-6-5-7-19(22)16-24/h5-10,15,18,25H,4,11-14H2,1-3H3,(H,26,29). The molecule has 1 unspecified atom stereocenters. The van der Waals surface area contributed by atoms with E-state index < -0.39 is 6.04 Å². The van der Waals surface area contributed by atoms with Gasteiger partial charge in [-0.15, -0.1) is 0 Å². The second kappa shape index (κ2) is 9.44. The van der Waals surface area contributed by atoms with Crippen LogP contribution in [0.4, 0.5) is 17.1 Å². The number of nitriles is 1. The number of hydrogen-bond donors (Lipinski definition) is 2. The Bertz CT molecular complexity index is 896. The van der Waals surface area contributed by atoms with Gasteiger partial charge in [0.25, 0.3) is 0 Å². The topological polar surface area (TPSA) is 71.4 Å². The Morgan fingerprint density at radius 3 is 2.52 bits per heavy atom. The molecule has 2 aromatic rings. The molecule has 1 aliphatic heterocycles. The summed E-state index contributed by atoms with van der Waals surface area (Å²) in [5.41, 5.74) is 4.27. The summed E-state index contributed by atoms with van der Waals surface area (Å²) in [6.07, 6.45) is 0. The van der Waals surface area contributed by atoms with E-state index in [1.54, 1.807) is 24.3 Å². The van der Waals surface area contributed by atoms with Gasteiger partial charge in [0.15, 0.2) is 0 Å². The molecule has 152 valence electrons. The molecule has 6 nitrogen and oxygen atoms in total. The summed E-state index contributed by atoms with van der Waals surface area (Å²) < 4.78 is 0. The first-order valence-corrected chi connectivity index (χ1v) is 10.2. The van der Waals surface area contributed by atoms with Gasteiger partial charge in [-0.05, 0) is 56.3 Å². The Morgan fingerprint density at radius 1 is 1.14 bits per heavy atom. The van der Waals surface area contributed by atoms with Crippen LogP contribution in [0.1, 0.15) is 25.0 Å². The van der Waals surface area contributed by atoms with Crippen LogP contribution in [0.5, 0.6) is 0 Å². The maximum atomic E-state index is 12.6. The molecule has 0 radical (unpaired) electrons. The van der Waals surface area contributed by atoms with Gasteiger partial charge in [-0.1, -0.05) is 19.1 Å². The summed E-state index contributed by atoms with van der Waals surface area (Å²) in [4.78, 5) is 17.5. The van der Waals surface area contributed by atoms with Crippen molar-refractivity contribution in [3.63, 3.8) is 0 Å². The van der Waals surface area contributed by atoms with Crippen molar-refractivity contribution in [2.24, 2.45) is 0 Å². The van der Waals surface area contributed by atoms with Crippen molar-refractivity contribution < 1.29 is 4.79 Å². The molecule has 3 rings (SSSR count). The highest BCUT2D eigenvalue weighted by Gasteiger charge is 2.18. The van der Waals surface area contributed by atoms with Gasteiger partial charge in [-0.3, -0.25) is 4.79 Å². The van der Waals surface area contributed by atoms with E-state index in [-0.39, 0.29) is 5.91 Å². The van der Waals surface area contributed by atoms with E-state index in [9.17, 15) is 10.1 Å². The molecule has 1 heterocycles. The summed E-state index contributed by atoms with van der Waals surface area (Å²) in [7, 11) is 0. The number of hydrogen-bond acceptors (Lipinski definition) is 5. The second-order valence-electron chi connectivity index (χ2n) is 7.43. The Morgan fingerprint density at radius 2 is 1.86 bits per heavy atom. The lowest BCUT2D eigenvalue weighted by atomic mass is 10.1. The molecule has 0 aromatic heterocycles. The van der Waals surface area contributed by atoms with E-state index in [2.05, 4.69) is 52.5 Å². The van der Waals surface area contributed by atoms with Crippen LogP contribution in [0.2, 0.25) is 0 Å². The minimum absolute atomic E-state index is 0.174. The molecule has 1 fully saturated rings. The fourth-order valence-corrected chi connectivity index (χ4v) is 3.56. The van der Waals surface area contributed by atoms with Gasteiger partial charge in [0.2, 0.25) is 5.91 Å². The van der Waals surface area contributed by atoms with Crippen LogP contribution in [0, 0.1) is 18.3 Å². The molecule has 0 saturated carbocycles. The molecular weight excluding hydrogens is 362 g/mol. The average Bonchev–Trinajstić information content (AvgIpc) is 2.75. The lowest BCUT2D eigenvalue weighted by Gasteiger charge is -2.35. The number of rotatable bonds is 6. The first kappa shape index (κ1) is 20.7. The monoisotopic (exact) mass is 391 g/mol. The van der Waals surface area contributed by atoms with Crippen molar-refractivity contribution in [1.29, 1.82) is 5.26 Å². The molecule has 2 N–H and O–H groups in total. The largest absolute Gasteiger partial charge is 0.374 e. The Balaban J connectivity index is 1.62. The zero-order valence-corrected chi connectivity index (χ0v) is 17.4. The van der Waals surface area contributed by atoms with Crippen molar-refractivity contribution in [2.75, 3.05) is 48.3 Å². The van der Waals surface area contributed by atoms with E-state index in [0.717, 1.165) is 44.0 Å². The van der Waals surface area contributed by atoms with Gasteiger partial charge in [-0.2, -0.15) is 5.26 Å². The third-order valence-electron chi connectivity index (χ3n) is 5.47. The Labute approximate surface area is 173 Å². The minimum Gasteiger partial charge on any atom is -0.374 e. The molecule has 1 amide bonds. The van der Waals surface area contributed by atoms with Crippen LogP contribution in [-0.2, 0) is 4.79 Å². The number of piperazine rings is 1. The number of aryl methyl sites for hydroxylation is 1. The third kappa shape index (κ3) is 5.07. The van der Waals surface area contributed by atoms with Gasteiger partial charge in [0.1, 0.15) is 12.1 Å². The number of carbonyl (C=O) groups excluding carboxylic acids is 1. The van der Waals surface area contributed by atoms with Crippen molar-refractivity contribution in [3.05, 3.63) is 53.6 Å². The van der Waals surface area contributed by atoms with Gasteiger partial charge >= 0.3 is 0 Å². The summed E-state index contributed by atoms with van der Waals surface area (Å²) in [6.45, 7) is 11.5. The van der Waals surface area contributed by atoms with Crippen LogP contribution in [0.15, 0.2) is 42.5 Å². The summed E-state index contributed by atoms with van der Waals surface area (Å²) in [5.74, 6) is -0.174. The van der Waals surface area contributed by atoms with E-state index in [1.165, 1.54) is 5.69 Å². The molecule has 2 aromatic carbocycles. The molecule has 1 saturated heterocycles. The molecule has 1 atom stereocenters. The highest BCUT2D eigenvalue weighted by Crippen LogP contribution is 2.24. The maximum Gasteiger partial charge on any atom is 0.246 e. The predicted molar refractivity (Wildman–Crippen MR) is 118 cm³/mol. The van der Waals surface area contributed by atoms with Crippen molar-refractivity contribution in [2.45, 2.75) is 26.8 Å². The number of amides is 1. The average molecular weight is 392 g/mol. The van der Waals surface area contributed by atoms with Crippen LogP contribution in [0.3, 0.4) is 0 Å². The van der Waals surface area contributed by atoms with E-state index >= 15 is 0 Å². The van der Waals surface area contributed by atoms with Gasteiger partial charge < -0.3 is 20.4 Å². The first-order valence-electron chi connectivity index (χ1n) is 10.2. The van der Waals surface area contributed by atoms with Crippen molar-refractivity contribution in [3.8, 4) is 6.07 Å². The van der Waals surface area contributed by atoms with Crippen LogP contribution < -0.4 is 15.5 Å². The maximum absolute atomic E-state index is 12.6. The Kier molecular flexibility index (Phi) is 6.73. The molecule has 0 spiro atoms. The van der Waals surface area contributed by atoms with Crippen LogP contribution in [-0.4, -0.2) is 49.6 Å². The van der Waals surface area contributed by atoms with Gasteiger partial charge in [-0.25, -0.2) is 0 Å². The number of benzene rings is 2. The predicted octanol–water partition coefficient (Wildman–Crippen LogP) is 3.45. The van der Waals surface area contributed by atoms with Gasteiger partial charge in [0.05, 0.1) is 11.3 Å². The highest BCUT2D eigenvalue weighted by atomic mass is 16.2. The second-order valence-corrected chi connectivity index (χ2v) is 7.43. The fourth-order valence-electron chi connectivity index (χ4n) is 3.56. The molecule has 1 aliphatic rings. The number of carbonyl (C=O) groups is 1. The summed E-state index contributed by atoms with van der Waals surface area (Å²) >= 11 is 0. The summed E-state index contributed by atoms with van der Waals surface area (Å²) in [5, 5.41) is 15.3. The smallest absolute Gasteiger partial charge is 0.246 e. The SMILES string of the molecule is CCN1CCN(c2ccc(NC(C)C(=O)Nc3ccccc3C#N)c(C)c2)CC1. The number of likely N-dealkylation sites (N-methyl/N-ethyl adjacent to an activating group) is 1. The zero-order valence-electron chi connectivity index (χ0n) is 17.4. The summed E-state index contributed by atoms with van der Waals surface area (Å²) in [6, 6.07) is 15.0. The zero-order chi connectivity index (χ0) is 20.8. The molecular formula is C23H29N5O. The lowest BCUT2D eigenvalue weighted by molar-refractivity contribution is -0.116. The number of nitrogens with zero attached hydrogens (tertiary/aromatic N) is 3. The normalized spacial score (nSPS) is 15.4. The molecule has 6 heteroatoms. The first-order chi connectivity index (χ1) is 14.0. The van der Waals surface area contributed by atoms with Crippen LogP contribution in [0.25, 0.3) is 0 Å². The lowest BCUT2D eigenvalue weighted by Crippen LogP contribution is -2.46. The molecule has 0 aliphatic carbocycles. The van der Waals surface area contributed by atoms with Crippen molar-refractivity contribution in [1.82, 2.24) is 4.90 Å². The molecule has 29 heavy (non-hydrogen) atoms. The Hall–Kier alpha value is -3.04. The fraction of sp³-hybridized carbons (Fsp3) is 0.391. The van der Waals surface area contributed by atoms with E-state index in [0.29, 0.717) is 11.3 Å². The number of para-hydroxylation sites is 1. The number of nitrogens with one attached hydrogen (secondary N) is 2. The third-order valence-corrected chi connectivity index (χ3v) is 5.47. The van der Waals surface area contributed by atoms with Crippen LogP contribution >= 0.6 is 0 Å². The van der Waals surface area contributed by atoms with E-state index in [4.69, 9.17) is 0 Å². The quantitative estimate of drug-likeness (QED) is 0.789. The van der Waals surface area contributed by atoms with E-state index in [1.807, 2.05) is 13.0 Å². The van der Waals surface area contributed by atoms with Crippen molar-refractivity contribution >= 4 is 23.0 Å². The minimum atomic E-state index is -0.431. The molecule has 0 bridgehead atoms. The number of anilines is 3.